The molecular weight excluding hydrogens is 244 g/mol. The van der Waals surface area contributed by atoms with Crippen molar-refractivity contribution in [3.8, 4) is 0 Å². The first kappa shape index (κ1) is 13.2. The van der Waals surface area contributed by atoms with Gasteiger partial charge in [-0.15, -0.1) is 0 Å². The highest BCUT2D eigenvalue weighted by molar-refractivity contribution is 5.39. The molecular formula is C18H22N2. The van der Waals surface area contributed by atoms with Gasteiger partial charge in [0.2, 0.25) is 0 Å². The van der Waals surface area contributed by atoms with E-state index in [0.29, 0.717) is 0 Å². The molecule has 104 valence electrons. The van der Waals surface area contributed by atoms with Crippen molar-refractivity contribution < 1.29 is 0 Å². The fraction of sp³-hybridized carbons (Fsp3) is 0.333. The lowest BCUT2D eigenvalue weighted by molar-refractivity contribution is 0.291. The largest absolute Gasteiger partial charge is 0.399 e. The Morgan fingerprint density at radius 2 is 1.45 bits per heavy atom. The first-order chi connectivity index (χ1) is 9.81. The topological polar surface area (TPSA) is 29.3 Å². The van der Waals surface area contributed by atoms with Crippen LogP contribution in [0.1, 0.15) is 16.7 Å². The molecule has 0 saturated heterocycles. The zero-order chi connectivity index (χ0) is 13.8. The van der Waals surface area contributed by atoms with Crippen LogP contribution in [-0.4, -0.2) is 24.5 Å². The molecule has 0 amide bonds. The van der Waals surface area contributed by atoms with Gasteiger partial charge >= 0.3 is 0 Å². The van der Waals surface area contributed by atoms with Crippen LogP contribution in [0.4, 0.5) is 5.69 Å². The van der Waals surface area contributed by atoms with Crippen LogP contribution in [-0.2, 0) is 19.3 Å². The summed E-state index contributed by atoms with van der Waals surface area (Å²) < 4.78 is 0. The van der Waals surface area contributed by atoms with Crippen molar-refractivity contribution in [2.45, 2.75) is 19.3 Å². The molecule has 1 aliphatic heterocycles. The summed E-state index contributed by atoms with van der Waals surface area (Å²) in [5, 5.41) is 0. The number of anilines is 1. The maximum atomic E-state index is 5.72. The Balaban J connectivity index is 1.56. The highest BCUT2D eigenvalue weighted by Crippen LogP contribution is 2.16. The van der Waals surface area contributed by atoms with Gasteiger partial charge in [-0.3, -0.25) is 0 Å². The number of hydrogen-bond acceptors (Lipinski definition) is 2. The molecule has 0 spiro atoms. The number of rotatable bonds is 3. The molecule has 1 heterocycles. The van der Waals surface area contributed by atoms with E-state index >= 15 is 0 Å². The zero-order valence-corrected chi connectivity index (χ0v) is 11.9. The van der Waals surface area contributed by atoms with Gasteiger partial charge in [-0.05, 0) is 48.1 Å². The molecule has 1 aliphatic rings. The molecule has 0 fully saturated rings. The smallest absolute Gasteiger partial charge is 0.0314 e. The van der Waals surface area contributed by atoms with Crippen molar-refractivity contribution in [2.75, 3.05) is 25.4 Å². The number of nitrogens with two attached hydrogens (primary N) is 1. The summed E-state index contributed by atoms with van der Waals surface area (Å²) in [4.78, 5) is 2.58. The maximum Gasteiger partial charge on any atom is 0.0314 e. The van der Waals surface area contributed by atoms with E-state index in [9.17, 15) is 0 Å². The van der Waals surface area contributed by atoms with Gasteiger partial charge in [-0.2, -0.15) is 0 Å². The van der Waals surface area contributed by atoms with E-state index < -0.39 is 0 Å². The van der Waals surface area contributed by atoms with Crippen molar-refractivity contribution in [1.29, 1.82) is 0 Å². The SMILES string of the molecule is Nc1ccc(CCN2CCc3ccccc3CC2)cc1. The Morgan fingerprint density at radius 3 is 2.05 bits per heavy atom. The van der Waals surface area contributed by atoms with Crippen LogP contribution in [0.25, 0.3) is 0 Å². The minimum atomic E-state index is 0.846. The van der Waals surface area contributed by atoms with E-state index in [1.165, 1.54) is 42.6 Å². The van der Waals surface area contributed by atoms with Gasteiger partial charge in [0.05, 0.1) is 0 Å². The Kier molecular flexibility index (Phi) is 4.03. The molecule has 2 N–H and O–H groups in total. The van der Waals surface area contributed by atoms with Crippen molar-refractivity contribution in [3.63, 3.8) is 0 Å². The fourth-order valence-corrected chi connectivity index (χ4v) is 2.91. The lowest BCUT2D eigenvalue weighted by Gasteiger charge is -2.19. The minimum absolute atomic E-state index is 0.846. The number of nitrogen functional groups attached to an aromatic ring is 1. The predicted octanol–water partition coefficient (Wildman–Crippen LogP) is 2.91. The predicted molar refractivity (Wildman–Crippen MR) is 84.8 cm³/mol. The summed E-state index contributed by atoms with van der Waals surface area (Å²) in [6.45, 7) is 3.48. The third-order valence-corrected chi connectivity index (χ3v) is 4.21. The van der Waals surface area contributed by atoms with Crippen molar-refractivity contribution in [1.82, 2.24) is 4.90 Å². The Bertz CT molecular complexity index is 533. The van der Waals surface area contributed by atoms with Gasteiger partial charge in [0.15, 0.2) is 0 Å². The Morgan fingerprint density at radius 1 is 0.850 bits per heavy atom. The third kappa shape index (κ3) is 3.20. The molecule has 0 aromatic heterocycles. The lowest BCUT2D eigenvalue weighted by atomic mass is 10.0. The van der Waals surface area contributed by atoms with Crippen LogP contribution in [0, 0.1) is 0 Å². The molecule has 20 heavy (non-hydrogen) atoms. The highest BCUT2D eigenvalue weighted by atomic mass is 15.1. The van der Waals surface area contributed by atoms with Crippen LogP contribution in [0.5, 0.6) is 0 Å². The minimum Gasteiger partial charge on any atom is -0.399 e. The van der Waals surface area contributed by atoms with E-state index in [0.717, 1.165) is 18.7 Å². The molecule has 2 aromatic carbocycles. The van der Waals surface area contributed by atoms with E-state index in [2.05, 4.69) is 41.3 Å². The number of hydrogen-bond donors (Lipinski definition) is 1. The van der Waals surface area contributed by atoms with Crippen molar-refractivity contribution in [3.05, 3.63) is 65.2 Å². The molecule has 3 rings (SSSR count). The molecule has 0 aliphatic carbocycles. The summed E-state index contributed by atoms with van der Waals surface area (Å²) in [6.07, 6.45) is 3.46. The van der Waals surface area contributed by atoms with Crippen LogP contribution < -0.4 is 5.73 Å². The average Bonchev–Trinajstić information content (AvgIpc) is 2.69. The summed E-state index contributed by atoms with van der Waals surface area (Å²) in [6, 6.07) is 17.1. The number of nitrogens with zero attached hydrogens (tertiary/aromatic N) is 1. The number of benzene rings is 2. The van der Waals surface area contributed by atoms with Gasteiger partial charge < -0.3 is 10.6 Å². The van der Waals surface area contributed by atoms with Gasteiger partial charge in [-0.1, -0.05) is 36.4 Å². The van der Waals surface area contributed by atoms with E-state index in [1.54, 1.807) is 0 Å². The van der Waals surface area contributed by atoms with Crippen LogP contribution >= 0.6 is 0 Å². The molecule has 0 radical (unpaired) electrons. The lowest BCUT2D eigenvalue weighted by Crippen LogP contribution is -2.28. The van der Waals surface area contributed by atoms with Crippen molar-refractivity contribution in [2.24, 2.45) is 0 Å². The Hall–Kier alpha value is -1.80. The third-order valence-electron chi connectivity index (χ3n) is 4.21. The monoisotopic (exact) mass is 266 g/mol. The quantitative estimate of drug-likeness (QED) is 0.866. The van der Waals surface area contributed by atoms with Gasteiger partial charge in [0, 0.05) is 25.3 Å². The average molecular weight is 266 g/mol. The molecule has 2 nitrogen and oxygen atoms in total. The molecule has 0 saturated carbocycles. The summed E-state index contributed by atoms with van der Waals surface area (Å²) >= 11 is 0. The summed E-state index contributed by atoms with van der Waals surface area (Å²) in [7, 11) is 0. The second-order valence-electron chi connectivity index (χ2n) is 5.60. The maximum absolute atomic E-state index is 5.72. The molecule has 2 heteroatoms. The second kappa shape index (κ2) is 6.10. The van der Waals surface area contributed by atoms with Gasteiger partial charge in [-0.25, -0.2) is 0 Å². The zero-order valence-electron chi connectivity index (χ0n) is 11.9. The molecule has 0 atom stereocenters. The normalized spacial score (nSPS) is 15.6. The van der Waals surface area contributed by atoms with E-state index in [4.69, 9.17) is 5.73 Å². The Labute approximate surface area is 121 Å². The molecule has 0 unspecified atom stereocenters. The van der Waals surface area contributed by atoms with Gasteiger partial charge in [0.1, 0.15) is 0 Å². The fourth-order valence-electron chi connectivity index (χ4n) is 2.91. The van der Waals surface area contributed by atoms with E-state index in [1.807, 2.05) is 12.1 Å². The summed E-state index contributed by atoms with van der Waals surface area (Å²) in [5.41, 5.74) is 11.0. The highest BCUT2D eigenvalue weighted by Gasteiger charge is 2.12. The van der Waals surface area contributed by atoms with Crippen LogP contribution in [0.15, 0.2) is 48.5 Å². The molecule has 0 bridgehead atoms. The van der Waals surface area contributed by atoms with Crippen molar-refractivity contribution >= 4 is 5.69 Å². The first-order valence-electron chi connectivity index (χ1n) is 7.45. The first-order valence-corrected chi connectivity index (χ1v) is 7.45. The number of fused-ring (bicyclic) bond motifs is 1. The van der Waals surface area contributed by atoms with Crippen LogP contribution in [0.3, 0.4) is 0 Å². The van der Waals surface area contributed by atoms with Crippen LogP contribution in [0.2, 0.25) is 0 Å². The summed E-state index contributed by atoms with van der Waals surface area (Å²) in [5.74, 6) is 0. The standard InChI is InChI=1S/C18H22N2/c19-18-7-5-15(6-8-18)9-12-20-13-10-16-3-1-2-4-17(16)11-14-20/h1-8H,9-14,19H2. The molecule has 2 aromatic rings. The second-order valence-corrected chi connectivity index (χ2v) is 5.60. The van der Waals surface area contributed by atoms with E-state index in [-0.39, 0.29) is 0 Å². The van der Waals surface area contributed by atoms with Gasteiger partial charge in [0.25, 0.3) is 0 Å².